The zero-order chi connectivity index (χ0) is 26.5. The minimum atomic E-state index is -0.566. The summed E-state index contributed by atoms with van der Waals surface area (Å²) < 4.78 is 21.6. The standard InChI is InChI=1S/C22H35NO6.C4H5O2/c1-11-8-16-18(15(10-23(6)7)21(26)29-16)20(28-14(4)25)22(5)17(27-13(3)24)9-12(2)19(11)22;1-2-3-6-4-5/h11-12,15-20H,8-10H2,1-7H3;2-3H,1H3/q;-1/p+1/b;3-2+/t11-,12+,15-,16+,17+,18-,19-,20+,22-;/m1./s1. The van der Waals surface area contributed by atoms with Crippen molar-refractivity contribution in [2.45, 2.75) is 72.7 Å². The molecule has 0 aromatic carbocycles. The van der Waals surface area contributed by atoms with E-state index >= 15 is 0 Å². The molecule has 9 atom stereocenters. The van der Waals surface area contributed by atoms with E-state index in [0.29, 0.717) is 12.5 Å². The van der Waals surface area contributed by atoms with E-state index in [-0.39, 0.29) is 53.8 Å². The first-order valence-electron chi connectivity index (χ1n) is 12.4. The molecule has 9 heteroatoms. The van der Waals surface area contributed by atoms with Crippen molar-refractivity contribution in [1.82, 2.24) is 0 Å². The predicted molar refractivity (Wildman–Crippen MR) is 126 cm³/mol. The van der Waals surface area contributed by atoms with Gasteiger partial charge in [0.1, 0.15) is 24.2 Å². The first kappa shape index (κ1) is 28.8. The number of rotatable bonds is 6. The van der Waals surface area contributed by atoms with Gasteiger partial charge in [0.05, 0.1) is 26.6 Å². The van der Waals surface area contributed by atoms with Gasteiger partial charge in [-0.2, -0.15) is 0 Å². The van der Waals surface area contributed by atoms with Crippen molar-refractivity contribution >= 4 is 24.4 Å². The van der Waals surface area contributed by atoms with Gasteiger partial charge >= 0.3 is 17.9 Å². The number of allylic oxidation sites excluding steroid dienone is 1. The van der Waals surface area contributed by atoms with Crippen molar-refractivity contribution in [3.63, 3.8) is 0 Å². The smallest absolute Gasteiger partial charge is 0.315 e. The third-order valence-corrected chi connectivity index (χ3v) is 7.74. The largest absolute Gasteiger partial charge is 0.616 e. The number of carbonyl (C=O) groups is 3. The lowest BCUT2D eigenvalue weighted by molar-refractivity contribution is -0.861. The highest BCUT2D eigenvalue weighted by molar-refractivity contribution is 5.76. The maximum atomic E-state index is 12.8. The van der Waals surface area contributed by atoms with Gasteiger partial charge in [0, 0.05) is 19.3 Å². The Kier molecular flexibility index (Phi) is 9.89. The van der Waals surface area contributed by atoms with E-state index in [9.17, 15) is 14.4 Å². The average Bonchev–Trinajstić information content (AvgIpc) is 3.13. The highest BCUT2D eigenvalue weighted by Crippen LogP contribution is 2.60. The molecule has 9 nitrogen and oxygen atoms in total. The fourth-order valence-corrected chi connectivity index (χ4v) is 6.90. The lowest BCUT2D eigenvalue weighted by Gasteiger charge is -2.45. The molecule has 1 saturated heterocycles. The normalized spacial score (nSPS) is 37.9. The van der Waals surface area contributed by atoms with E-state index in [0.717, 1.165) is 17.7 Å². The minimum Gasteiger partial charge on any atom is -0.616 e. The SMILES string of the molecule is C/C=C/O[C-]=O.CC(=O)O[C@H]1C[C@H](C)[C@H]2[C@H](C)C[C@@H]3OC(=O)[C@H](C[NH+](C)C)[C@H]3[C@H](OC(C)=O)[C@@]21C. The van der Waals surface area contributed by atoms with Crippen LogP contribution < -0.4 is 4.90 Å². The van der Waals surface area contributed by atoms with E-state index < -0.39 is 11.5 Å². The van der Waals surface area contributed by atoms with Gasteiger partial charge in [-0.1, -0.05) is 34.0 Å². The van der Waals surface area contributed by atoms with Crippen LogP contribution in [0.25, 0.3) is 0 Å². The molecule has 198 valence electrons. The van der Waals surface area contributed by atoms with Crippen molar-refractivity contribution in [1.29, 1.82) is 0 Å². The Bertz CT molecular complexity index is 811. The topological polar surface area (TPSA) is 110 Å². The molecule has 3 aliphatic rings. The first-order valence-corrected chi connectivity index (χ1v) is 12.4. The van der Waals surface area contributed by atoms with Crippen LogP contribution in [-0.2, 0) is 38.1 Å². The summed E-state index contributed by atoms with van der Waals surface area (Å²) in [5.41, 5.74) is -0.566. The van der Waals surface area contributed by atoms with Crippen molar-refractivity contribution in [3.05, 3.63) is 12.3 Å². The van der Waals surface area contributed by atoms with E-state index in [1.165, 1.54) is 26.6 Å². The van der Waals surface area contributed by atoms with Gasteiger partial charge in [0.25, 0.3) is 0 Å². The summed E-state index contributed by atoms with van der Waals surface area (Å²) >= 11 is 0. The molecule has 3 fully saturated rings. The summed E-state index contributed by atoms with van der Waals surface area (Å²) in [6.07, 6.45) is 3.17. The minimum absolute atomic E-state index is 0.202. The first-order chi connectivity index (χ1) is 16.4. The van der Waals surface area contributed by atoms with Crippen LogP contribution in [0.2, 0.25) is 0 Å². The summed E-state index contributed by atoms with van der Waals surface area (Å²) in [5.74, 6) is -0.720. The molecule has 2 saturated carbocycles. The lowest BCUT2D eigenvalue weighted by atomic mass is 9.65. The highest BCUT2D eigenvalue weighted by Gasteiger charge is 2.67. The maximum Gasteiger partial charge on any atom is 0.315 e. The van der Waals surface area contributed by atoms with Gasteiger partial charge in [-0.25, -0.2) is 0 Å². The summed E-state index contributed by atoms with van der Waals surface area (Å²) in [6.45, 7) is 12.9. The fourth-order valence-electron chi connectivity index (χ4n) is 6.90. The molecule has 2 aliphatic carbocycles. The molecule has 35 heavy (non-hydrogen) atoms. The molecule has 0 radical (unpaired) electrons. The molecular formula is C26H41NO8. The van der Waals surface area contributed by atoms with Gasteiger partial charge < -0.3 is 28.6 Å². The summed E-state index contributed by atoms with van der Waals surface area (Å²) in [4.78, 5) is 47.2. The molecule has 3 rings (SSSR count). The zero-order valence-corrected chi connectivity index (χ0v) is 22.2. The molecule has 0 unspecified atom stereocenters. The number of fused-ring (bicyclic) bond motifs is 2. The van der Waals surface area contributed by atoms with Gasteiger partial charge in [-0.15, -0.1) is 6.08 Å². The Labute approximate surface area is 208 Å². The van der Waals surface area contributed by atoms with Crippen LogP contribution in [0, 0.1) is 35.0 Å². The fraction of sp³-hybridized carbons (Fsp3) is 0.769. The van der Waals surface area contributed by atoms with Crippen molar-refractivity contribution in [2.24, 2.45) is 35.0 Å². The Morgan fingerprint density at radius 1 is 1.14 bits per heavy atom. The number of carbonyl (C=O) groups excluding carboxylic acids is 4. The maximum absolute atomic E-state index is 12.8. The van der Waals surface area contributed by atoms with Crippen molar-refractivity contribution in [3.8, 4) is 0 Å². The number of quaternary nitrogens is 1. The number of ether oxygens (including phenoxy) is 4. The summed E-state index contributed by atoms with van der Waals surface area (Å²) in [6, 6.07) is 0. The Morgan fingerprint density at radius 3 is 2.23 bits per heavy atom. The van der Waals surface area contributed by atoms with Gasteiger partial charge in [0.2, 0.25) is 0 Å². The van der Waals surface area contributed by atoms with Crippen LogP contribution >= 0.6 is 0 Å². The van der Waals surface area contributed by atoms with Crippen LogP contribution in [0.5, 0.6) is 0 Å². The summed E-state index contributed by atoms with van der Waals surface area (Å²) in [5, 5.41) is 0. The molecule has 1 heterocycles. The van der Waals surface area contributed by atoms with Crippen LogP contribution in [-0.4, -0.2) is 63.3 Å². The second-order valence-corrected chi connectivity index (χ2v) is 10.7. The number of hydrogen-bond acceptors (Lipinski definition) is 8. The summed E-state index contributed by atoms with van der Waals surface area (Å²) in [7, 11) is 4.01. The highest BCUT2D eigenvalue weighted by atomic mass is 16.6. The number of esters is 3. The third-order valence-electron chi connectivity index (χ3n) is 7.74. The molecule has 1 N–H and O–H groups in total. The van der Waals surface area contributed by atoms with E-state index in [1.54, 1.807) is 13.0 Å². The lowest BCUT2D eigenvalue weighted by Crippen LogP contribution is -3.06. The zero-order valence-electron chi connectivity index (χ0n) is 22.2. The van der Waals surface area contributed by atoms with Gasteiger partial charge in [-0.3, -0.25) is 14.4 Å². The Balaban J connectivity index is 0.000000641. The molecule has 0 aromatic rings. The van der Waals surface area contributed by atoms with E-state index in [2.05, 4.69) is 25.5 Å². The van der Waals surface area contributed by atoms with Gasteiger partial charge in [0.15, 0.2) is 6.47 Å². The van der Waals surface area contributed by atoms with Crippen LogP contribution in [0.15, 0.2) is 12.3 Å². The Hall–Kier alpha value is -2.42. The average molecular weight is 496 g/mol. The van der Waals surface area contributed by atoms with Gasteiger partial charge in [-0.05, 0) is 30.6 Å². The van der Waals surface area contributed by atoms with Crippen molar-refractivity contribution in [2.75, 3.05) is 20.6 Å². The van der Waals surface area contributed by atoms with E-state index in [1.807, 2.05) is 14.1 Å². The Morgan fingerprint density at radius 2 is 1.74 bits per heavy atom. The molecular weight excluding hydrogens is 454 g/mol. The number of nitrogens with one attached hydrogen (secondary N) is 1. The molecule has 1 aliphatic heterocycles. The second-order valence-electron chi connectivity index (χ2n) is 10.7. The van der Waals surface area contributed by atoms with Crippen LogP contribution in [0.4, 0.5) is 0 Å². The van der Waals surface area contributed by atoms with Crippen LogP contribution in [0.1, 0.15) is 54.4 Å². The molecule has 0 aromatic heterocycles. The number of hydrogen-bond donors (Lipinski definition) is 1. The van der Waals surface area contributed by atoms with Crippen LogP contribution in [0.3, 0.4) is 0 Å². The predicted octanol–water partition coefficient (Wildman–Crippen LogP) is 1.46. The monoisotopic (exact) mass is 495 g/mol. The molecule has 0 amide bonds. The quantitative estimate of drug-likeness (QED) is 0.255. The third kappa shape index (κ3) is 6.23. The van der Waals surface area contributed by atoms with Crippen molar-refractivity contribution < 1.29 is 43.0 Å². The molecule has 0 bridgehead atoms. The van der Waals surface area contributed by atoms with E-state index in [4.69, 9.17) is 19.0 Å². The molecule has 0 spiro atoms. The second kappa shape index (κ2) is 12.0.